The summed E-state index contributed by atoms with van der Waals surface area (Å²) in [4.78, 5) is 9.32. The number of ether oxygens (including phenoxy) is 1. The zero-order chi connectivity index (χ0) is 15.0. The number of pyridine rings is 1. The fraction of sp³-hybridized carbons (Fsp3) is 0.625. The number of aromatic nitrogens is 3. The minimum Gasteiger partial charge on any atom is -0.481 e. The summed E-state index contributed by atoms with van der Waals surface area (Å²) < 4.78 is 7.53. The van der Waals surface area contributed by atoms with E-state index in [1.165, 1.54) is 25.7 Å². The van der Waals surface area contributed by atoms with Gasteiger partial charge in [-0.25, -0.2) is 4.98 Å². The molecule has 1 aliphatic carbocycles. The van der Waals surface area contributed by atoms with E-state index < -0.39 is 0 Å². The van der Waals surface area contributed by atoms with Gasteiger partial charge in [-0.1, -0.05) is 19.8 Å². The van der Waals surface area contributed by atoms with Gasteiger partial charge in [0, 0.05) is 12.1 Å². The van der Waals surface area contributed by atoms with Gasteiger partial charge in [0.25, 0.3) is 0 Å². The van der Waals surface area contributed by atoms with Gasteiger partial charge in [-0.3, -0.25) is 0 Å². The van der Waals surface area contributed by atoms with Crippen LogP contribution in [0.15, 0.2) is 12.1 Å². The zero-order valence-corrected chi connectivity index (χ0v) is 13.6. The second kappa shape index (κ2) is 5.84. The second-order valence-corrected chi connectivity index (χ2v) is 6.73. The third kappa shape index (κ3) is 2.73. The van der Waals surface area contributed by atoms with Crippen molar-refractivity contribution < 1.29 is 4.74 Å². The summed E-state index contributed by atoms with van der Waals surface area (Å²) in [5.41, 5.74) is 1.80. The molecule has 3 unspecified atom stereocenters. The summed E-state index contributed by atoms with van der Waals surface area (Å²) in [7, 11) is 1.64. The number of hydrogen-bond donors (Lipinski definition) is 0. The quantitative estimate of drug-likeness (QED) is 0.784. The first-order valence-corrected chi connectivity index (χ1v) is 8.10. The van der Waals surface area contributed by atoms with E-state index in [-0.39, 0.29) is 5.38 Å². The lowest BCUT2D eigenvalue weighted by atomic mass is 9.87. The van der Waals surface area contributed by atoms with Crippen LogP contribution in [0.25, 0.3) is 11.2 Å². The van der Waals surface area contributed by atoms with Gasteiger partial charge in [-0.15, -0.1) is 11.6 Å². The van der Waals surface area contributed by atoms with Crippen LogP contribution in [0.2, 0.25) is 0 Å². The Hall–Kier alpha value is -1.29. The van der Waals surface area contributed by atoms with Crippen molar-refractivity contribution in [1.82, 2.24) is 14.5 Å². The molecule has 2 aromatic heterocycles. The van der Waals surface area contributed by atoms with Gasteiger partial charge in [0.2, 0.25) is 5.88 Å². The molecule has 5 heteroatoms. The highest BCUT2D eigenvalue weighted by atomic mass is 35.5. The van der Waals surface area contributed by atoms with Crippen molar-refractivity contribution in [1.29, 1.82) is 0 Å². The Morgan fingerprint density at radius 3 is 2.81 bits per heavy atom. The van der Waals surface area contributed by atoms with Crippen molar-refractivity contribution in [2.45, 2.75) is 50.9 Å². The molecule has 1 saturated carbocycles. The highest BCUT2D eigenvalue weighted by molar-refractivity contribution is 6.20. The summed E-state index contributed by atoms with van der Waals surface area (Å²) in [5, 5.41) is -0.123. The Labute approximate surface area is 130 Å². The van der Waals surface area contributed by atoms with Crippen molar-refractivity contribution in [2.24, 2.45) is 5.92 Å². The highest BCUT2D eigenvalue weighted by Gasteiger charge is 2.26. The average molecular weight is 308 g/mol. The van der Waals surface area contributed by atoms with Crippen LogP contribution in [0.4, 0.5) is 0 Å². The van der Waals surface area contributed by atoms with E-state index in [4.69, 9.17) is 21.3 Å². The number of halogens is 1. The van der Waals surface area contributed by atoms with Crippen LogP contribution < -0.4 is 4.74 Å². The van der Waals surface area contributed by atoms with Crippen LogP contribution in [0.3, 0.4) is 0 Å². The molecule has 3 rings (SSSR count). The third-order valence-corrected chi connectivity index (χ3v) is 4.57. The molecule has 0 spiro atoms. The standard InChI is InChI=1S/C16H22ClN3O/c1-10-5-4-6-12(9-10)20-15(11(2)17)18-13-7-8-14(21-3)19-16(13)20/h7-8,10-12H,4-6,9H2,1-3H3. The Kier molecular flexibility index (Phi) is 4.07. The molecule has 0 bridgehead atoms. The number of hydrogen-bond acceptors (Lipinski definition) is 3. The fourth-order valence-electron chi connectivity index (χ4n) is 3.36. The van der Waals surface area contributed by atoms with E-state index in [9.17, 15) is 0 Å². The van der Waals surface area contributed by atoms with E-state index in [1.807, 2.05) is 19.1 Å². The number of imidazole rings is 1. The molecule has 2 heterocycles. The molecule has 3 atom stereocenters. The summed E-state index contributed by atoms with van der Waals surface area (Å²) in [6.45, 7) is 4.30. The molecule has 0 radical (unpaired) electrons. The monoisotopic (exact) mass is 307 g/mol. The van der Waals surface area contributed by atoms with Gasteiger partial charge in [0.1, 0.15) is 11.3 Å². The summed E-state index contributed by atoms with van der Waals surface area (Å²) >= 11 is 6.37. The second-order valence-electron chi connectivity index (χ2n) is 6.08. The third-order valence-electron chi connectivity index (χ3n) is 4.38. The van der Waals surface area contributed by atoms with E-state index in [2.05, 4.69) is 16.5 Å². The first-order valence-electron chi connectivity index (χ1n) is 7.67. The van der Waals surface area contributed by atoms with E-state index in [0.29, 0.717) is 11.9 Å². The largest absolute Gasteiger partial charge is 0.481 e. The van der Waals surface area contributed by atoms with Crippen molar-refractivity contribution in [3.8, 4) is 5.88 Å². The summed E-state index contributed by atoms with van der Waals surface area (Å²) in [5.74, 6) is 2.29. The molecule has 114 valence electrons. The smallest absolute Gasteiger partial charge is 0.215 e. The lowest BCUT2D eigenvalue weighted by Crippen LogP contribution is -2.20. The Morgan fingerprint density at radius 2 is 2.14 bits per heavy atom. The maximum atomic E-state index is 6.37. The Bertz CT molecular complexity index is 638. The molecule has 1 aliphatic rings. The molecule has 0 N–H and O–H groups in total. The predicted octanol–water partition coefficient (Wildman–Crippen LogP) is 4.49. The van der Waals surface area contributed by atoms with E-state index in [0.717, 1.165) is 22.9 Å². The normalized spacial score (nSPS) is 24.2. The molecular formula is C16H22ClN3O. The lowest BCUT2D eigenvalue weighted by molar-refractivity contribution is 0.281. The molecule has 0 aliphatic heterocycles. The summed E-state index contributed by atoms with van der Waals surface area (Å²) in [6, 6.07) is 4.26. The van der Waals surface area contributed by atoms with Crippen molar-refractivity contribution in [3.63, 3.8) is 0 Å². The van der Waals surface area contributed by atoms with Crippen LogP contribution in [0.1, 0.15) is 56.8 Å². The molecule has 1 fully saturated rings. The van der Waals surface area contributed by atoms with Crippen molar-refractivity contribution >= 4 is 22.8 Å². The number of fused-ring (bicyclic) bond motifs is 1. The molecular weight excluding hydrogens is 286 g/mol. The number of methoxy groups -OCH3 is 1. The Balaban J connectivity index is 2.14. The maximum absolute atomic E-state index is 6.37. The molecule has 21 heavy (non-hydrogen) atoms. The van der Waals surface area contributed by atoms with Gasteiger partial charge < -0.3 is 9.30 Å². The summed E-state index contributed by atoms with van der Waals surface area (Å²) in [6.07, 6.45) is 4.91. The number of alkyl halides is 1. The van der Waals surface area contributed by atoms with Gasteiger partial charge in [0.05, 0.1) is 12.5 Å². The van der Waals surface area contributed by atoms with Gasteiger partial charge in [0.15, 0.2) is 5.65 Å². The zero-order valence-electron chi connectivity index (χ0n) is 12.8. The van der Waals surface area contributed by atoms with Crippen LogP contribution in [0, 0.1) is 5.92 Å². The molecule has 0 aromatic carbocycles. The highest BCUT2D eigenvalue weighted by Crippen LogP contribution is 2.37. The maximum Gasteiger partial charge on any atom is 0.215 e. The van der Waals surface area contributed by atoms with Gasteiger partial charge in [-0.2, -0.15) is 4.98 Å². The average Bonchev–Trinajstić information content (AvgIpc) is 2.85. The minimum atomic E-state index is -0.123. The van der Waals surface area contributed by atoms with E-state index >= 15 is 0 Å². The van der Waals surface area contributed by atoms with Gasteiger partial charge >= 0.3 is 0 Å². The number of nitrogens with zero attached hydrogens (tertiary/aromatic N) is 3. The SMILES string of the molecule is COc1ccc2nc(C(C)Cl)n(C3CCCC(C)C3)c2n1. The van der Waals surface area contributed by atoms with Crippen LogP contribution in [-0.4, -0.2) is 21.6 Å². The number of rotatable bonds is 3. The topological polar surface area (TPSA) is 39.9 Å². The first-order chi connectivity index (χ1) is 10.1. The Morgan fingerprint density at radius 1 is 1.33 bits per heavy atom. The fourth-order valence-corrected chi connectivity index (χ4v) is 3.52. The first kappa shape index (κ1) is 14.6. The predicted molar refractivity (Wildman–Crippen MR) is 85.0 cm³/mol. The molecule has 0 amide bonds. The molecule has 0 saturated heterocycles. The molecule has 2 aromatic rings. The van der Waals surface area contributed by atoms with Crippen molar-refractivity contribution in [2.75, 3.05) is 7.11 Å². The minimum absolute atomic E-state index is 0.123. The van der Waals surface area contributed by atoms with Crippen molar-refractivity contribution in [3.05, 3.63) is 18.0 Å². The van der Waals surface area contributed by atoms with Gasteiger partial charge in [-0.05, 0) is 31.7 Å². The van der Waals surface area contributed by atoms with Crippen LogP contribution >= 0.6 is 11.6 Å². The van der Waals surface area contributed by atoms with Crippen LogP contribution in [-0.2, 0) is 0 Å². The molecule has 4 nitrogen and oxygen atoms in total. The lowest BCUT2D eigenvalue weighted by Gasteiger charge is -2.29. The van der Waals surface area contributed by atoms with E-state index in [1.54, 1.807) is 7.11 Å². The van der Waals surface area contributed by atoms with Crippen LogP contribution in [0.5, 0.6) is 5.88 Å².